The van der Waals surface area contributed by atoms with Crippen molar-refractivity contribution in [3.8, 4) is 16.9 Å². The lowest BCUT2D eigenvalue weighted by Gasteiger charge is -2.15. The van der Waals surface area contributed by atoms with Gasteiger partial charge in [0.2, 0.25) is 5.91 Å². The summed E-state index contributed by atoms with van der Waals surface area (Å²) in [5, 5.41) is 8.83. The summed E-state index contributed by atoms with van der Waals surface area (Å²) < 4.78 is 6.52. The summed E-state index contributed by atoms with van der Waals surface area (Å²) in [4.78, 5) is 45.6. The number of carbonyl (C=O) groups is 3. The zero-order valence-electron chi connectivity index (χ0n) is 28.1. The Labute approximate surface area is 305 Å². The van der Waals surface area contributed by atoms with Gasteiger partial charge < -0.3 is 20.7 Å². The molecule has 0 fully saturated rings. The largest absolute Gasteiger partial charge is 0.494 e. The molecule has 256 valence electrons. The van der Waals surface area contributed by atoms with Crippen molar-refractivity contribution in [2.45, 2.75) is 30.4 Å². The van der Waals surface area contributed by atoms with Crippen LogP contribution in [0.4, 0.5) is 10.8 Å². The molecule has 1 heterocycles. The van der Waals surface area contributed by atoms with E-state index in [-0.39, 0.29) is 11.6 Å². The average Bonchev–Trinajstić information content (AvgIpc) is 3.56. The third-order valence-corrected chi connectivity index (χ3v) is 10.1. The van der Waals surface area contributed by atoms with E-state index in [0.29, 0.717) is 29.4 Å². The van der Waals surface area contributed by atoms with E-state index in [4.69, 9.17) is 4.74 Å². The first-order valence-corrected chi connectivity index (χ1v) is 18.2. The summed E-state index contributed by atoms with van der Waals surface area (Å²) in [6.45, 7) is 4.46. The summed E-state index contributed by atoms with van der Waals surface area (Å²) in [7, 11) is 0. The van der Waals surface area contributed by atoms with Crippen LogP contribution in [0.25, 0.3) is 27.4 Å². The Hall–Kier alpha value is -5.71. The van der Waals surface area contributed by atoms with Gasteiger partial charge in [0.1, 0.15) is 11.4 Å². The summed E-state index contributed by atoms with van der Waals surface area (Å²) in [5.74, 6) is -0.282. The van der Waals surface area contributed by atoms with E-state index in [1.165, 1.54) is 23.1 Å². The van der Waals surface area contributed by atoms with E-state index in [0.717, 1.165) is 37.6 Å². The highest BCUT2D eigenvalue weighted by molar-refractivity contribution is 8.00. The minimum absolute atomic E-state index is 0.0874. The van der Waals surface area contributed by atoms with Gasteiger partial charge in [0.15, 0.2) is 5.13 Å². The molecular weight excluding hydrogens is 677 g/mol. The number of aromatic nitrogens is 1. The molecule has 0 aliphatic rings. The highest BCUT2D eigenvalue weighted by atomic mass is 32.2. The van der Waals surface area contributed by atoms with Gasteiger partial charge in [-0.15, -0.1) is 11.8 Å². The van der Waals surface area contributed by atoms with Gasteiger partial charge in [0, 0.05) is 16.1 Å². The predicted octanol–water partition coefficient (Wildman–Crippen LogP) is 9.28. The maximum Gasteiger partial charge on any atom is 0.272 e. The fourth-order valence-corrected chi connectivity index (χ4v) is 7.15. The Morgan fingerprint density at radius 1 is 0.804 bits per heavy atom. The van der Waals surface area contributed by atoms with Crippen molar-refractivity contribution in [2.24, 2.45) is 0 Å². The van der Waals surface area contributed by atoms with Crippen LogP contribution in [0.5, 0.6) is 5.75 Å². The molecule has 0 saturated heterocycles. The second-order valence-corrected chi connectivity index (χ2v) is 13.7. The minimum atomic E-state index is -0.485. The van der Waals surface area contributed by atoms with Crippen LogP contribution in [0.15, 0.2) is 138 Å². The van der Waals surface area contributed by atoms with E-state index in [1.54, 1.807) is 36.4 Å². The predicted molar refractivity (Wildman–Crippen MR) is 208 cm³/mol. The zero-order valence-corrected chi connectivity index (χ0v) is 29.7. The van der Waals surface area contributed by atoms with Crippen LogP contribution in [-0.4, -0.2) is 34.6 Å². The molecule has 0 aliphatic carbocycles. The smallest absolute Gasteiger partial charge is 0.272 e. The standard InChI is InChI=1S/C41H36N4O4S2/c1-3-36(40(48)45-41-44-34-23-22-32(49-4-2)26-37(34)51-41)50-33-17-11-16-31(25-33)42-39(47)35(43-38(46)30-14-9-6-10-15-30)24-27-18-20-29(21-19-27)28-12-7-5-8-13-28/h5-26,36H,3-4H2,1-2H3,(H,42,47)(H,43,46)(H,44,45,48)/b35-24+. The van der Waals surface area contributed by atoms with Gasteiger partial charge in [-0.2, -0.15) is 0 Å². The quantitative estimate of drug-likeness (QED) is 0.0814. The van der Waals surface area contributed by atoms with E-state index in [2.05, 4.69) is 20.9 Å². The Morgan fingerprint density at radius 2 is 1.53 bits per heavy atom. The molecule has 1 atom stereocenters. The molecule has 8 nitrogen and oxygen atoms in total. The molecule has 5 aromatic carbocycles. The van der Waals surface area contributed by atoms with Crippen LogP contribution in [0.2, 0.25) is 0 Å². The molecule has 0 aliphatic heterocycles. The molecule has 51 heavy (non-hydrogen) atoms. The van der Waals surface area contributed by atoms with Crippen LogP contribution in [0.1, 0.15) is 36.2 Å². The highest BCUT2D eigenvalue weighted by Crippen LogP contribution is 2.32. The van der Waals surface area contributed by atoms with Crippen molar-refractivity contribution in [2.75, 3.05) is 17.2 Å². The van der Waals surface area contributed by atoms with Gasteiger partial charge in [0.25, 0.3) is 11.8 Å². The number of anilines is 2. The topological polar surface area (TPSA) is 109 Å². The molecule has 1 unspecified atom stereocenters. The highest BCUT2D eigenvalue weighted by Gasteiger charge is 2.21. The van der Waals surface area contributed by atoms with Crippen molar-refractivity contribution in [3.63, 3.8) is 0 Å². The number of amides is 3. The lowest BCUT2D eigenvalue weighted by Crippen LogP contribution is -2.30. The lowest BCUT2D eigenvalue weighted by atomic mass is 10.0. The van der Waals surface area contributed by atoms with Crippen molar-refractivity contribution in [1.82, 2.24) is 10.3 Å². The second kappa shape index (κ2) is 16.8. The van der Waals surface area contributed by atoms with Crippen LogP contribution < -0.4 is 20.7 Å². The number of nitrogens with one attached hydrogen (secondary N) is 3. The summed E-state index contributed by atoms with van der Waals surface area (Å²) in [5.41, 5.74) is 4.70. The number of thioether (sulfide) groups is 1. The zero-order chi connectivity index (χ0) is 35.6. The number of fused-ring (bicyclic) bond motifs is 1. The normalized spacial score (nSPS) is 11.8. The first kappa shape index (κ1) is 35.1. The van der Waals surface area contributed by atoms with Gasteiger partial charge in [-0.25, -0.2) is 4.98 Å². The summed E-state index contributed by atoms with van der Waals surface area (Å²) in [6, 6.07) is 39.5. The Balaban J connectivity index is 1.16. The number of nitrogens with zero attached hydrogens (tertiary/aromatic N) is 1. The number of benzene rings is 5. The molecule has 0 saturated carbocycles. The number of rotatable bonds is 13. The molecule has 1 aromatic heterocycles. The molecule has 3 amide bonds. The molecule has 10 heteroatoms. The van der Waals surface area contributed by atoms with Crippen molar-refractivity contribution in [3.05, 3.63) is 144 Å². The Morgan fingerprint density at radius 3 is 2.25 bits per heavy atom. The van der Waals surface area contributed by atoms with E-state index in [9.17, 15) is 14.4 Å². The third-order valence-electron chi connectivity index (χ3n) is 7.79. The molecule has 0 spiro atoms. The van der Waals surface area contributed by atoms with Gasteiger partial charge >= 0.3 is 0 Å². The van der Waals surface area contributed by atoms with Crippen molar-refractivity contribution < 1.29 is 19.1 Å². The van der Waals surface area contributed by atoms with Crippen LogP contribution in [-0.2, 0) is 9.59 Å². The first-order chi connectivity index (χ1) is 24.9. The molecular formula is C41H36N4O4S2. The summed E-state index contributed by atoms with van der Waals surface area (Å²) in [6.07, 6.45) is 2.23. The first-order valence-electron chi connectivity index (χ1n) is 16.5. The summed E-state index contributed by atoms with van der Waals surface area (Å²) >= 11 is 2.80. The van der Waals surface area contributed by atoms with Crippen LogP contribution >= 0.6 is 23.1 Å². The molecule has 0 radical (unpaired) electrons. The van der Waals surface area contributed by atoms with Crippen molar-refractivity contribution in [1.29, 1.82) is 0 Å². The molecule has 6 rings (SSSR count). The fraction of sp³-hybridized carbons (Fsp3) is 0.122. The van der Waals surface area contributed by atoms with Gasteiger partial charge in [-0.1, -0.05) is 97.1 Å². The van der Waals surface area contributed by atoms with Crippen LogP contribution in [0.3, 0.4) is 0 Å². The molecule has 6 aromatic rings. The Kier molecular flexibility index (Phi) is 11.6. The second-order valence-electron chi connectivity index (χ2n) is 11.4. The number of carbonyl (C=O) groups excluding carboxylic acids is 3. The third kappa shape index (κ3) is 9.30. The average molecular weight is 713 g/mol. The monoisotopic (exact) mass is 712 g/mol. The lowest BCUT2D eigenvalue weighted by molar-refractivity contribution is -0.116. The number of thiazole rings is 1. The van der Waals surface area contributed by atoms with E-state index in [1.807, 2.05) is 111 Å². The van der Waals surface area contributed by atoms with Gasteiger partial charge in [-0.3, -0.25) is 14.4 Å². The van der Waals surface area contributed by atoms with Crippen LogP contribution in [0, 0.1) is 0 Å². The fourth-order valence-electron chi connectivity index (χ4n) is 5.24. The molecule has 3 N–H and O–H groups in total. The van der Waals surface area contributed by atoms with E-state index < -0.39 is 17.1 Å². The minimum Gasteiger partial charge on any atom is -0.494 e. The molecule has 0 bridgehead atoms. The number of hydrogen-bond donors (Lipinski definition) is 3. The number of ether oxygens (including phenoxy) is 1. The SMILES string of the molecule is CCOc1ccc2nc(NC(=O)C(CC)Sc3cccc(NC(=O)/C(=C\c4ccc(-c5ccccc5)cc4)NC(=O)c4ccccc4)c3)sc2c1. The number of hydrogen-bond acceptors (Lipinski definition) is 7. The maximum absolute atomic E-state index is 13.7. The maximum atomic E-state index is 13.7. The van der Waals surface area contributed by atoms with Crippen molar-refractivity contribution >= 4 is 67.9 Å². The van der Waals surface area contributed by atoms with Gasteiger partial charge in [0.05, 0.1) is 22.1 Å². The Bertz CT molecular complexity index is 2170. The van der Waals surface area contributed by atoms with E-state index >= 15 is 0 Å². The van der Waals surface area contributed by atoms with Gasteiger partial charge in [-0.05, 0) is 84.6 Å².